The van der Waals surface area contributed by atoms with Crippen LogP contribution in [0.15, 0.2) is 122 Å². The molecule has 0 atom stereocenters. The van der Waals surface area contributed by atoms with Crippen molar-refractivity contribution in [3.05, 3.63) is 150 Å². The van der Waals surface area contributed by atoms with Crippen molar-refractivity contribution in [3.63, 3.8) is 0 Å². The fraction of sp³-hybridized carbons (Fsp3) is 0.154. The number of carbonyl (C=O) groups excluding carboxylic acids is 3. The van der Waals surface area contributed by atoms with Crippen LogP contribution in [0.1, 0.15) is 27.8 Å². The fourth-order valence-corrected chi connectivity index (χ4v) is 4.87. The molecule has 0 amide bonds. The highest BCUT2D eigenvalue weighted by Crippen LogP contribution is 2.56. The molecule has 0 aromatic heterocycles. The Morgan fingerprint density at radius 1 is 0.577 bits per heavy atom. The molecule has 270 valence electrons. The van der Waals surface area contributed by atoms with Crippen molar-refractivity contribution in [2.75, 3.05) is 13.2 Å². The van der Waals surface area contributed by atoms with Gasteiger partial charge in [-0.05, 0) is 77.7 Å². The van der Waals surface area contributed by atoms with Gasteiger partial charge in [0.05, 0.1) is 0 Å². The molecule has 0 aliphatic carbocycles. The molecular formula is C39H30F6O7. The number of alkyl halides is 6. The number of benzene rings is 4. The first kappa shape index (κ1) is 38.7. The van der Waals surface area contributed by atoms with E-state index < -0.39 is 46.8 Å². The molecule has 0 radical (unpaired) electrons. The van der Waals surface area contributed by atoms with Gasteiger partial charge in [-0.3, -0.25) is 0 Å². The molecule has 7 nitrogen and oxygen atoms in total. The molecule has 0 heterocycles. The van der Waals surface area contributed by atoms with Crippen LogP contribution in [-0.4, -0.2) is 43.5 Å². The number of hydrogen-bond acceptors (Lipinski definition) is 7. The minimum absolute atomic E-state index is 0.00658. The monoisotopic (exact) mass is 724 g/mol. The van der Waals surface area contributed by atoms with E-state index in [2.05, 4.69) is 6.58 Å². The van der Waals surface area contributed by atoms with Crippen LogP contribution in [0.3, 0.4) is 0 Å². The number of halogens is 6. The molecule has 0 saturated heterocycles. The summed E-state index contributed by atoms with van der Waals surface area (Å²) >= 11 is 0. The zero-order chi connectivity index (χ0) is 37.9. The van der Waals surface area contributed by atoms with Crippen molar-refractivity contribution in [3.8, 4) is 17.2 Å². The summed E-state index contributed by atoms with van der Waals surface area (Å²) in [6, 6.07) is 19.1. The van der Waals surface area contributed by atoms with Crippen molar-refractivity contribution in [1.82, 2.24) is 0 Å². The van der Waals surface area contributed by atoms with Crippen LogP contribution >= 0.6 is 0 Å². The summed E-state index contributed by atoms with van der Waals surface area (Å²) in [6.07, 6.45) is -5.83. The van der Waals surface area contributed by atoms with Crippen molar-refractivity contribution < 1.29 is 59.7 Å². The molecule has 0 fully saturated rings. The van der Waals surface area contributed by atoms with E-state index in [1.807, 2.05) is 19.1 Å². The number of rotatable bonds is 13. The highest BCUT2D eigenvalue weighted by molar-refractivity contribution is 5.89. The highest BCUT2D eigenvalue weighted by atomic mass is 19.4. The van der Waals surface area contributed by atoms with Crippen LogP contribution < -0.4 is 14.2 Å². The Hall–Kier alpha value is -6.11. The molecule has 52 heavy (non-hydrogen) atoms. The summed E-state index contributed by atoms with van der Waals surface area (Å²) in [5.41, 5.74) is -4.64. The lowest BCUT2D eigenvalue weighted by molar-refractivity contribution is -0.288. The lowest BCUT2D eigenvalue weighted by Gasteiger charge is -2.38. The van der Waals surface area contributed by atoms with Gasteiger partial charge in [0.25, 0.3) is 0 Å². The van der Waals surface area contributed by atoms with E-state index in [9.17, 15) is 40.7 Å². The van der Waals surface area contributed by atoms with E-state index in [-0.39, 0.29) is 24.7 Å². The van der Waals surface area contributed by atoms with E-state index in [4.69, 9.17) is 18.9 Å². The maximum Gasteiger partial charge on any atom is 0.411 e. The van der Waals surface area contributed by atoms with E-state index in [1.54, 1.807) is 36.4 Å². The van der Waals surface area contributed by atoms with Crippen molar-refractivity contribution in [2.24, 2.45) is 0 Å². The smallest absolute Gasteiger partial charge is 0.411 e. The maximum atomic E-state index is 14.6. The third-order valence-corrected chi connectivity index (χ3v) is 7.41. The van der Waals surface area contributed by atoms with Gasteiger partial charge in [0.1, 0.15) is 30.5 Å². The maximum absolute atomic E-state index is 14.6. The van der Waals surface area contributed by atoms with Gasteiger partial charge in [-0.15, -0.1) is 0 Å². The summed E-state index contributed by atoms with van der Waals surface area (Å²) in [5, 5.41) is 0. The van der Waals surface area contributed by atoms with Gasteiger partial charge in [-0.25, -0.2) is 14.4 Å². The number of hydrogen-bond donors (Lipinski definition) is 0. The van der Waals surface area contributed by atoms with Gasteiger partial charge in [-0.2, -0.15) is 26.3 Å². The van der Waals surface area contributed by atoms with Gasteiger partial charge in [-0.1, -0.05) is 72.8 Å². The van der Waals surface area contributed by atoms with Gasteiger partial charge < -0.3 is 18.9 Å². The molecule has 0 N–H and O–H groups in total. The number of aryl methyl sites for hydroxylation is 1. The van der Waals surface area contributed by atoms with E-state index in [0.717, 1.165) is 48.1 Å². The molecule has 0 aliphatic heterocycles. The van der Waals surface area contributed by atoms with Crippen LogP contribution in [0.2, 0.25) is 0 Å². The Bertz CT molecular complexity index is 1900. The second-order valence-electron chi connectivity index (χ2n) is 11.0. The van der Waals surface area contributed by atoms with Crippen molar-refractivity contribution >= 4 is 30.1 Å². The average molecular weight is 725 g/mol. The second-order valence-corrected chi connectivity index (χ2v) is 11.0. The Labute approximate surface area is 294 Å². The minimum atomic E-state index is -5.87. The van der Waals surface area contributed by atoms with E-state index >= 15 is 0 Å². The summed E-state index contributed by atoms with van der Waals surface area (Å²) in [4.78, 5) is 35.7. The topological polar surface area (TPSA) is 88.1 Å². The molecular weight excluding hydrogens is 694 g/mol. The Morgan fingerprint density at radius 2 is 0.981 bits per heavy atom. The Kier molecular flexibility index (Phi) is 12.4. The quantitative estimate of drug-likeness (QED) is 0.0448. The van der Waals surface area contributed by atoms with Crippen LogP contribution in [0, 0.1) is 6.92 Å². The third kappa shape index (κ3) is 9.77. The normalized spacial score (nSPS) is 12.1. The first-order valence-corrected chi connectivity index (χ1v) is 15.4. The number of esters is 3. The lowest BCUT2D eigenvalue weighted by atomic mass is 9.73. The number of ether oxygens (including phenoxy) is 4. The molecule has 13 heteroatoms. The van der Waals surface area contributed by atoms with Crippen LogP contribution in [0.25, 0.3) is 12.2 Å². The van der Waals surface area contributed by atoms with E-state index in [0.29, 0.717) is 41.1 Å². The second kappa shape index (κ2) is 16.7. The van der Waals surface area contributed by atoms with Gasteiger partial charge in [0.15, 0.2) is 0 Å². The van der Waals surface area contributed by atoms with Crippen molar-refractivity contribution in [2.45, 2.75) is 24.7 Å². The van der Waals surface area contributed by atoms with Crippen LogP contribution in [-0.2, 0) is 24.5 Å². The molecule has 0 saturated carbocycles. The zero-order valence-corrected chi connectivity index (χ0v) is 27.4. The summed E-state index contributed by atoms with van der Waals surface area (Å²) in [6.45, 7) is 5.25. The van der Waals surface area contributed by atoms with Crippen LogP contribution in [0.5, 0.6) is 17.2 Å². The zero-order valence-electron chi connectivity index (χ0n) is 27.4. The molecule has 0 bridgehead atoms. The standard InChI is InChI=1S/C39H30F6O7/c1-3-34(46)50-25-24-49-31-16-8-28(9-17-31)11-23-36(48)52-33-20-14-30(15-21-33)37(38(40,41)42,39(43,44)45)29-12-18-32(19-13-29)51-35(47)22-10-27-6-4-26(2)5-7-27/h3-23H,1,24-25H2,2H3. The molecule has 4 aromatic carbocycles. The summed E-state index contributed by atoms with van der Waals surface area (Å²) in [5.74, 6) is -2.56. The molecule has 0 spiro atoms. The van der Waals surface area contributed by atoms with Crippen molar-refractivity contribution in [1.29, 1.82) is 0 Å². The molecule has 0 aliphatic rings. The molecule has 4 aromatic rings. The van der Waals surface area contributed by atoms with Gasteiger partial charge in [0.2, 0.25) is 5.41 Å². The highest BCUT2D eigenvalue weighted by Gasteiger charge is 2.72. The average Bonchev–Trinajstić information content (AvgIpc) is 3.10. The molecule has 4 rings (SSSR count). The largest absolute Gasteiger partial charge is 0.490 e. The predicted molar refractivity (Wildman–Crippen MR) is 179 cm³/mol. The predicted octanol–water partition coefficient (Wildman–Crippen LogP) is 8.75. The first-order chi connectivity index (χ1) is 24.6. The minimum Gasteiger partial charge on any atom is -0.490 e. The SMILES string of the molecule is C=CC(=O)OCCOc1ccc(C=CC(=O)Oc2ccc(C(c3ccc(OC(=O)C=Cc4ccc(C)cc4)cc3)(C(F)(F)F)C(F)(F)F)cc2)cc1. The third-order valence-electron chi connectivity index (χ3n) is 7.41. The fourth-order valence-electron chi connectivity index (χ4n) is 4.87. The van der Waals surface area contributed by atoms with Gasteiger partial charge in [0, 0.05) is 18.2 Å². The molecule has 0 unspecified atom stereocenters. The Morgan fingerprint density at radius 3 is 1.38 bits per heavy atom. The first-order valence-electron chi connectivity index (χ1n) is 15.4. The van der Waals surface area contributed by atoms with Gasteiger partial charge >= 0.3 is 30.3 Å². The van der Waals surface area contributed by atoms with Crippen LogP contribution in [0.4, 0.5) is 26.3 Å². The lowest BCUT2D eigenvalue weighted by Crippen LogP contribution is -2.54. The Balaban J connectivity index is 1.45. The van der Waals surface area contributed by atoms with E-state index in [1.165, 1.54) is 12.2 Å². The summed E-state index contributed by atoms with van der Waals surface area (Å²) < 4.78 is 108. The summed E-state index contributed by atoms with van der Waals surface area (Å²) in [7, 11) is 0. The number of carbonyl (C=O) groups is 3.